The van der Waals surface area contributed by atoms with E-state index in [2.05, 4.69) is 11.4 Å². The van der Waals surface area contributed by atoms with Crippen molar-refractivity contribution in [3.05, 3.63) is 23.8 Å². The summed E-state index contributed by atoms with van der Waals surface area (Å²) in [5.74, 6) is 0.346. The summed E-state index contributed by atoms with van der Waals surface area (Å²) in [6.07, 6.45) is 1.45. The number of rotatable bonds is 7. The summed E-state index contributed by atoms with van der Waals surface area (Å²) in [6.45, 7) is 7.56. The number of hydrogen-bond donors (Lipinski definition) is 1. The first-order valence-corrected chi connectivity index (χ1v) is 7.43. The van der Waals surface area contributed by atoms with Crippen molar-refractivity contribution in [1.29, 1.82) is 5.26 Å². The van der Waals surface area contributed by atoms with Crippen LogP contribution >= 0.6 is 0 Å². The molecule has 0 aliphatic carbocycles. The van der Waals surface area contributed by atoms with Gasteiger partial charge in [0.2, 0.25) is 0 Å². The van der Waals surface area contributed by atoms with Gasteiger partial charge in [-0.05, 0) is 39.3 Å². The van der Waals surface area contributed by atoms with E-state index < -0.39 is 5.60 Å². The summed E-state index contributed by atoms with van der Waals surface area (Å²) in [4.78, 5) is 12.4. The van der Waals surface area contributed by atoms with Crippen LogP contribution in [0, 0.1) is 11.3 Å². The van der Waals surface area contributed by atoms with Gasteiger partial charge in [0.25, 0.3) is 5.91 Å². The summed E-state index contributed by atoms with van der Waals surface area (Å²) < 4.78 is 10.9. The van der Waals surface area contributed by atoms with E-state index in [4.69, 9.17) is 9.47 Å². The molecule has 0 heterocycles. The number of nitrogens with zero attached hydrogens (tertiary/aromatic N) is 1. The normalized spacial score (nSPS) is 13.3. The van der Waals surface area contributed by atoms with Gasteiger partial charge in [-0.2, -0.15) is 5.26 Å². The minimum absolute atomic E-state index is 0.0216. The number of carbonyl (C=O) groups is 1. The number of nitrogens with one attached hydrogen (secondary N) is 1. The van der Waals surface area contributed by atoms with Crippen LogP contribution in [-0.2, 0) is 9.53 Å². The highest BCUT2D eigenvalue weighted by atomic mass is 16.5. The molecule has 0 fully saturated rings. The van der Waals surface area contributed by atoms with Crippen LogP contribution in [0.25, 0.3) is 0 Å². The van der Waals surface area contributed by atoms with Crippen LogP contribution < -0.4 is 10.1 Å². The van der Waals surface area contributed by atoms with E-state index in [9.17, 15) is 10.1 Å². The summed E-state index contributed by atoms with van der Waals surface area (Å²) in [5, 5.41) is 12.0. The van der Waals surface area contributed by atoms with Crippen molar-refractivity contribution in [2.75, 3.05) is 12.4 Å². The maximum absolute atomic E-state index is 12.4. The third-order valence-corrected chi connectivity index (χ3v) is 3.39. The fourth-order valence-corrected chi connectivity index (χ4v) is 2.11. The van der Waals surface area contributed by atoms with Crippen molar-refractivity contribution in [2.45, 2.75) is 52.2 Å². The first-order chi connectivity index (χ1) is 10.4. The number of hydrogen-bond acceptors (Lipinski definition) is 4. The molecular formula is C17H24N2O3. The summed E-state index contributed by atoms with van der Waals surface area (Å²) >= 11 is 0. The second kappa shape index (κ2) is 7.81. The molecule has 0 saturated heterocycles. The van der Waals surface area contributed by atoms with Crippen molar-refractivity contribution < 1.29 is 14.3 Å². The number of carbonyl (C=O) groups excluding carboxylic acids is 1. The quantitative estimate of drug-likeness (QED) is 0.837. The Morgan fingerprint density at radius 1 is 1.45 bits per heavy atom. The predicted molar refractivity (Wildman–Crippen MR) is 85.9 cm³/mol. The Kier molecular flexibility index (Phi) is 6.39. The van der Waals surface area contributed by atoms with Crippen molar-refractivity contribution in [2.24, 2.45) is 0 Å². The van der Waals surface area contributed by atoms with Gasteiger partial charge in [0.15, 0.2) is 0 Å². The number of methoxy groups -OCH3 is 1. The molecule has 0 aromatic heterocycles. The van der Waals surface area contributed by atoms with Gasteiger partial charge < -0.3 is 14.8 Å². The summed E-state index contributed by atoms with van der Waals surface area (Å²) in [6, 6.07) is 7.12. The first-order valence-electron chi connectivity index (χ1n) is 7.43. The molecular weight excluding hydrogens is 280 g/mol. The Hall–Kier alpha value is -2.06. The molecule has 5 nitrogen and oxygen atoms in total. The topological polar surface area (TPSA) is 71.3 Å². The molecule has 1 amide bonds. The highest BCUT2D eigenvalue weighted by Crippen LogP contribution is 2.25. The fraction of sp³-hybridized carbons (Fsp3) is 0.529. The van der Waals surface area contributed by atoms with E-state index in [0.717, 1.165) is 6.42 Å². The van der Waals surface area contributed by atoms with E-state index in [-0.39, 0.29) is 12.0 Å². The van der Waals surface area contributed by atoms with Gasteiger partial charge in [-0.1, -0.05) is 13.3 Å². The molecule has 0 radical (unpaired) electrons. The zero-order valence-electron chi connectivity index (χ0n) is 13.9. The van der Waals surface area contributed by atoms with Gasteiger partial charge in [-0.15, -0.1) is 0 Å². The average Bonchev–Trinajstić information content (AvgIpc) is 2.48. The second-order valence-electron chi connectivity index (χ2n) is 5.62. The molecule has 22 heavy (non-hydrogen) atoms. The predicted octanol–water partition coefficient (Wildman–Crippen LogP) is 3.49. The van der Waals surface area contributed by atoms with Crippen LogP contribution in [0.3, 0.4) is 0 Å². The van der Waals surface area contributed by atoms with Crippen molar-refractivity contribution >= 4 is 11.6 Å². The van der Waals surface area contributed by atoms with Gasteiger partial charge in [-0.25, -0.2) is 0 Å². The smallest absolute Gasteiger partial charge is 0.256 e. The van der Waals surface area contributed by atoms with Gasteiger partial charge in [-0.3, -0.25) is 4.79 Å². The molecule has 1 N–H and O–H groups in total. The molecule has 1 aromatic rings. The number of anilines is 1. The molecule has 1 aromatic carbocycles. The van der Waals surface area contributed by atoms with E-state index in [0.29, 0.717) is 23.4 Å². The van der Waals surface area contributed by atoms with Gasteiger partial charge in [0.05, 0.1) is 17.4 Å². The van der Waals surface area contributed by atoms with Gasteiger partial charge >= 0.3 is 0 Å². The molecule has 0 aliphatic rings. The molecule has 0 bridgehead atoms. The highest BCUT2D eigenvalue weighted by molar-refractivity contribution is 5.98. The molecule has 0 aliphatic heterocycles. The lowest BCUT2D eigenvalue weighted by Gasteiger charge is -2.26. The van der Waals surface area contributed by atoms with Crippen molar-refractivity contribution in [3.8, 4) is 11.8 Å². The fourth-order valence-electron chi connectivity index (χ4n) is 2.11. The minimum atomic E-state index is -0.908. The van der Waals surface area contributed by atoms with E-state index in [1.54, 1.807) is 25.1 Å². The standard InChI is InChI=1S/C17H24N2O3/c1-6-9-17(4,21-5)16(20)19-15-8-7-14(22-12(2)3)10-13(15)11-18/h7-8,10,12H,6,9H2,1-5H3,(H,19,20)/t17-/m0/s1. The molecule has 5 heteroatoms. The minimum Gasteiger partial charge on any atom is -0.491 e. The van der Waals surface area contributed by atoms with Crippen molar-refractivity contribution in [3.63, 3.8) is 0 Å². The number of ether oxygens (including phenoxy) is 2. The van der Waals surface area contributed by atoms with E-state index in [1.807, 2.05) is 20.8 Å². The molecule has 120 valence electrons. The second-order valence-corrected chi connectivity index (χ2v) is 5.62. The molecule has 1 rings (SSSR count). The Balaban J connectivity index is 2.98. The van der Waals surface area contributed by atoms with Crippen LogP contribution in [-0.4, -0.2) is 24.7 Å². The Bertz CT molecular complexity index is 564. The van der Waals surface area contributed by atoms with Gasteiger partial charge in [0, 0.05) is 13.2 Å². The van der Waals surface area contributed by atoms with Crippen LogP contribution in [0.5, 0.6) is 5.75 Å². The summed E-state index contributed by atoms with van der Waals surface area (Å²) in [5.41, 5.74) is -0.0846. The Morgan fingerprint density at radius 3 is 2.64 bits per heavy atom. The van der Waals surface area contributed by atoms with Crippen LogP contribution in [0.15, 0.2) is 18.2 Å². The van der Waals surface area contributed by atoms with E-state index >= 15 is 0 Å². The Morgan fingerprint density at radius 2 is 2.14 bits per heavy atom. The number of benzene rings is 1. The van der Waals surface area contributed by atoms with Crippen LogP contribution in [0.2, 0.25) is 0 Å². The lowest BCUT2D eigenvalue weighted by molar-refractivity contribution is -0.136. The monoisotopic (exact) mass is 304 g/mol. The SMILES string of the molecule is CCC[C@](C)(OC)C(=O)Nc1ccc(OC(C)C)cc1C#N. The zero-order valence-corrected chi connectivity index (χ0v) is 13.9. The van der Waals surface area contributed by atoms with Crippen molar-refractivity contribution in [1.82, 2.24) is 0 Å². The molecule has 0 spiro atoms. The van der Waals surface area contributed by atoms with Gasteiger partial charge in [0.1, 0.15) is 17.4 Å². The summed E-state index contributed by atoms with van der Waals surface area (Å²) in [7, 11) is 1.51. The van der Waals surface area contributed by atoms with Crippen LogP contribution in [0.4, 0.5) is 5.69 Å². The third-order valence-electron chi connectivity index (χ3n) is 3.39. The lowest BCUT2D eigenvalue weighted by atomic mass is 9.99. The number of nitriles is 1. The maximum Gasteiger partial charge on any atom is 0.256 e. The largest absolute Gasteiger partial charge is 0.491 e. The molecule has 0 saturated carbocycles. The maximum atomic E-state index is 12.4. The molecule has 0 unspecified atom stereocenters. The zero-order chi connectivity index (χ0) is 16.8. The highest BCUT2D eigenvalue weighted by Gasteiger charge is 2.32. The van der Waals surface area contributed by atoms with E-state index in [1.165, 1.54) is 7.11 Å². The van der Waals surface area contributed by atoms with Crippen LogP contribution in [0.1, 0.15) is 46.1 Å². The average molecular weight is 304 g/mol. The lowest BCUT2D eigenvalue weighted by Crippen LogP contribution is -2.41. The molecule has 1 atom stereocenters. The Labute approximate surface area is 132 Å². The third kappa shape index (κ3) is 4.47. The first kappa shape index (κ1) is 18.0. The number of amides is 1.